The van der Waals surface area contributed by atoms with Gasteiger partial charge in [0.25, 0.3) is 0 Å². The molecule has 0 aliphatic rings. The van der Waals surface area contributed by atoms with Crippen molar-refractivity contribution in [2.45, 2.75) is 39.2 Å². The van der Waals surface area contributed by atoms with Crippen LogP contribution in [0.15, 0.2) is 54.6 Å². The van der Waals surface area contributed by atoms with Crippen LogP contribution in [-0.4, -0.2) is 35.8 Å². The van der Waals surface area contributed by atoms with E-state index < -0.39 is 6.04 Å². The number of rotatable bonds is 9. The van der Waals surface area contributed by atoms with Crippen molar-refractivity contribution in [1.29, 1.82) is 0 Å². The predicted molar refractivity (Wildman–Crippen MR) is 110 cm³/mol. The van der Waals surface area contributed by atoms with Gasteiger partial charge in [-0.15, -0.1) is 0 Å². The average molecular weight is 387 g/mol. The first-order chi connectivity index (χ1) is 13.0. The second kappa shape index (κ2) is 10.7. The highest BCUT2D eigenvalue weighted by Gasteiger charge is 2.25. The van der Waals surface area contributed by atoms with Gasteiger partial charge in [-0.05, 0) is 37.0 Å². The molecule has 2 rings (SSSR count). The summed E-state index contributed by atoms with van der Waals surface area (Å²) in [6, 6.07) is 16.8. The Morgan fingerprint density at radius 2 is 1.74 bits per heavy atom. The van der Waals surface area contributed by atoms with Gasteiger partial charge < -0.3 is 10.2 Å². The van der Waals surface area contributed by atoms with Crippen LogP contribution in [0.4, 0.5) is 0 Å². The number of nitrogens with zero attached hydrogens (tertiary/aromatic N) is 1. The lowest BCUT2D eigenvalue weighted by atomic mass is 10.1. The van der Waals surface area contributed by atoms with Crippen molar-refractivity contribution in [1.82, 2.24) is 10.2 Å². The van der Waals surface area contributed by atoms with Crippen LogP contribution in [-0.2, 0) is 22.4 Å². The predicted octanol–water partition coefficient (Wildman–Crippen LogP) is 3.87. The number of hydrogen-bond donors (Lipinski definition) is 1. The van der Waals surface area contributed by atoms with Gasteiger partial charge in [0.15, 0.2) is 0 Å². The van der Waals surface area contributed by atoms with Gasteiger partial charge in [-0.2, -0.15) is 0 Å². The molecule has 0 spiro atoms. The first-order valence-corrected chi connectivity index (χ1v) is 9.75. The Kier molecular flexibility index (Phi) is 8.34. The summed E-state index contributed by atoms with van der Waals surface area (Å²) in [5.74, 6) is -0.226. The van der Waals surface area contributed by atoms with E-state index in [1.807, 2.05) is 55.5 Å². The highest BCUT2D eigenvalue weighted by Crippen LogP contribution is 2.17. The van der Waals surface area contributed by atoms with E-state index in [-0.39, 0.29) is 18.2 Å². The van der Waals surface area contributed by atoms with Crippen molar-refractivity contribution in [2.24, 2.45) is 0 Å². The summed E-state index contributed by atoms with van der Waals surface area (Å²) in [4.78, 5) is 27.1. The first-order valence-electron chi connectivity index (χ1n) is 9.37. The quantitative estimate of drug-likeness (QED) is 0.711. The number of carbonyl (C=O) groups is 2. The Labute approximate surface area is 166 Å². The third-order valence-electron chi connectivity index (χ3n) is 4.50. The minimum atomic E-state index is -0.532. The zero-order chi connectivity index (χ0) is 19.6. The van der Waals surface area contributed by atoms with Gasteiger partial charge in [-0.25, -0.2) is 0 Å². The molecule has 2 amide bonds. The molecule has 0 aromatic heterocycles. The van der Waals surface area contributed by atoms with E-state index in [0.29, 0.717) is 24.5 Å². The molecule has 0 heterocycles. The second-order valence-electron chi connectivity index (χ2n) is 6.56. The maximum Gasteiger partial charge on any atom is 0.242 e. The molecule has 5 heteroatoms. The minimum Gasteiger partial charge on any atom is -0.354 e. The van der Waals surface area contributed by atoms with Crippen LogP contribution in [0.3, 0.4) is 0 Å². The van der Waals surface area contributed by atoms with Crippen molar-refractivity contribution in [3.63, 3.8) is 0 Å². The minimum absolute atomic E-state index is 0.0989. The lowest BCUT2D eigenvalue weighted by Crippen LogP contribution is -2.49. The topological polar surface area (TPSA) is 49.4 Å². The van der Waals surface area contributed by atoms with Crippen molar-refractivity contribution in [3.8, 4) is 0 Å². The molecule has 2 aromatic rings. The zero-order valence-electron chi connectivity index (χ0n) is 16.0. The van der Waals surface area contributed by atoms with Crippen LogP contribution in [0, 0.1) is 0 Å². The standard InChI is InChI=1S/C22H27ClN2O2/c1-3-14-24-22(27)17(2)25(15-13-18-9-5-4-6-10-18)21(26)16-19-11-7-8-12-20(19)23/h4-12,17H,3,13-16H2,1-2H3,(H,24,27)/t17-/m1/s1. The third kappa shape index (κ3) is 6.40. The largest absolute Gasteiger partial charge is 0.354 e. The van der Waals surface area contributed by atoms with Gasteiger partial charge >= 0.3 is 0 Å². The first kappa shape index (κ1) is 21.0. The molecule has 0 fully saturated rings. The van der Waals surface area contributed by atoms with E-state index in [0.717, 1.165) is 17.5 Å². The van der Waals surface area contributed by atoms with Crippen LogP contribution >= 0.6 is 11.6 Å². The second-order valence-corrected chi connectivity index (χ2v) is 6.97. The van der Waals surface area contributed by atoms with E-state index in [1.54, 1.807) is 17.9 Å². The fourth-order valence-electron chi connectivity index (χ4n) is 2.87. The highest BCUT2D eigenvalue weighted by atomic mass is 35.5. The molecule has 1 N–H and O–H groups in total. The molecule has 0 unspecified atom stereocenters. The number of halogens is 1. The van der Waals surface area contributed by atoms with Gasteiger partial charge in [-0.3, -0.25) is 9.59 Å². The number of amides is 2. The summed E-state index contributed by atoms with van der Waals surface area (Å²) in [5.41, 5.74) is 1.91. The van der Waals surface area contributed by atoms with Crippen LogP contribution in [0.25, 0.3) is 0 Å². The number of nitrogens with one attached hydrogen (secondary N) is 1. The van der Waals surface area contributed by atoms with E-state index in [1.165, 1.54) is 0 Å². The van der Waals surface area contributed by atoms with Crippen LogP contribution in [0.5, 0.6) is 0 Å². The molecular weight excluding hydrogens is 360 g/mol. The van der Waals surface area contributed by atoms with E-state index >= 15 is 0 Å². The maximum absolute atomic E-state index is 13.0. The summed E-state index contributed by atoms with van der Waals surface area (Å²) in [6.07, 6.45) is 1.73. The molecule has 27 heavy (non-hydrogen) atoms. The Balaban J connectivity index is 2.13. The molecular formula is C22H27ClN2O2. The molecule has 0 radical (unpaired) electrons. The lowest BCUT2D eigenvalue weighted by molar-refractivity contribution is -0.139. The number of hydrogen-bond acceptors (Lipinski definition) is 2. The summed E-state index contributed by atoms with van der Waals surface area (Å²) in [5, 5.41) is 3.45. The van der Waals surface area contributed by atoms with E-state index in [4.69, 9.17) is 11.6 Å². The fourth-order valence-corrected chi connectivity index (χ4v) is 3.07. The van der Waals surface area contributed by atoms with Gasteiger partial charge in [0.05, 0.1) is 6.42 Å². The lowest BCUT2D eigenvalue weighted by Gasteiger charge is -2.29. The molecule has 2 aromatic carbocycles. The average Bonchev–Trinajstić information content (AvgIpc) is 2.68. The molecule has 0 saturated heterocycles. The zero-order valence-corrected chi connectivity index (χ0v) is 16.7. The maximum atomic E-state index is 13.0. The van der Waals surface area contributed by atoms with Crippen molar-refractivity contribution in [2.75, 3.05) is 13.1 Å². The Hall–Kier alpha value is -2.33. The van der Waals surface area contributed by atoms with Crippen molar-refractivity contribution in [3.05, 3.63) is 70.7 Å². The van der Waals surface area contributed by atoms with Gasteiger partial charge in [0.1, 0.15) is 6.04 Å². The van der Waals surface area contributed by atoms with E-state index in [2.05, 4.69) is 5.32 Å². The Morgan fingerprint density at radius 1 is 1.07 bits per heavy atom. The summed E-state index contributed by atoms with van der Waals surface area (Å²) in [7, 11) is 0. The number of benzene rings is 2. The summed E-state index contributed by atoms with van der Waals surface area (Å²) < 4.78 is 0. The molecule has 4 nitrogen and oxygen atoms in total. The third-order valence-corrected chi connectivity index (χ3v) is 4.87. The van der Waals surface area contributed by atoms with E-state index in [9.17, 15) is 9.59 Å². The number of carbonyl (C=O) groups excluding carboxylic acids is 2. The normalized spacial score (nSPS) is 11.7. The monoisotopic (exact) mass is 386 g/mol. The fraction of sp³-hybridized carbons (Fsp3) is 0.364. The molecule has 0 aliphatic heterocycles. The SMILES string of the molecule is CCCNC(=O)[C@@H](C)N(CCc1ccccc1)C(=O)Cc1ccccc1Cl. The van der Waals surface area contributed by atoms with Crippen LogP contribution in [0.1, 0.15) is 31.4 Å². The van der Waals surface area contributed by atoms with Crippen LogP contribution in [0.2, 0.25) is 5.02 Å². The summed E-state index contributed by atoms with van der Waals surface area (Å²) in [6.45, 7) is 4.86. The van der Waals surface area contributed by atoms with Crippen molar-refractivity contribution >= 4 is 23.4 Å². The van der Waals surface area contributed by atoms with Gasteiger partial charge in [0.2, 0.25) is 11.8 Å². The molecule has 1 atom stereocenters. The van der Waals surface area contributed by atoms with Crippen molar-refractivity contribution < 1.29 is 9.59 Å². The molecule has 144 valence electrons. The molecule has 0 bridgehead atoms. The molecule has 0 saturated carbocycles. The Bertz CT molecular complexity index is 749. The smallest absolute Gasteiger partial charge is 0.242 e. The highest BCUT2D eigenvalue weighted by molar-refractivity contribution is 6.31. The van der Waals surface area contributed by atoms with Gasteiger partial charge in [-0.1, -0.05) is 67.1 Å². The Morgan fingerprint density at radius 3 is 2.41 bits per heavy atom. The summed E-state index contributed by atoms with van der Waals surface area (Å²) >= 11 is 6.21. The van der Waals surface area contributed by atoms with Crippen LogP contribution < -0.4 is 5.32 Å². The van der Waals surface area contributed by atoms with Gasteiger partial charge in [0, 0.05) is 18.1 Å². The molecule has 0 aliphatic carbocycles.